The number of nitrogens with zero attached hydrogens (tertiary/aromatic N) is 3. The maximum Gasteiger partial charge on any atom is 0.223 e. The van der Waals surface area contributed by atoms with Crippen LogP contribution >= 0.6 is 11.6 Å². The van der Waals surface area contributed by atoms with Gasteiger partial charge in [0.2, 0.25) is 5.91 Å². The molecule has 3 aromatic rings. The first-order valence-corrected chi connectivity index (χ1v) is 13.2. The van der Waals surface area contributed by atoms with E-state index >= 15 is 0 Å². The van der Waals surface area contributed by atoms with E-state index in [-0.39, 0.29) is 11.8 Å². The lowest BCUT2D eigenvalue weighted by molar-refractivity contribution is -0.126. The largest absolute Gasteiger partial charge is 0.379 e. The fraction of sp³-hybridized carbons (Fsp3) is 0.464. The van der Waals surface area contributed by atoms with Gasteiger partial charge in [-0.3, -0.25) is 14.6 Å². The summed E-state index contributed by atoms with van der Waals surface area (Å²) in [5.74, 6) is 0.329. The molecule has 2 aliphatic rings. The Hall–Kier alpha value is -2.38. The van der Waals surface area contributed by atoms with Gasteiger partial charge in [0.15, 0.2) is 0 Å². The van der Waals surface area contributed by atoms with Crippen molar-refractivity contribution >= 4 is 28.4 Å². The zero-order valence-corrected chi connectivity index (χ0v) is 21.1. The van der Waals surface area contributed by atoms with E-state index in [0.29, 0.717) is 0 Å². The molecule has 35 heavy (non-hydrogen) atoms. The van der Waals surface area contributed by atoms with Crippen LogP contribution in [0.1, 0.15) is 24.1 Å². The molecule has 0 saturated carbocycles. The molecule has 0 radical (unpaired) electrons. The summed E-state index contributed by atoms with van der Waals surface area (Å²) in [6.07, 6.45) is 1.82. The van der Waals surface area contributed by atoms with Crippen molar-refractivity contribution in [1.29, 1.82) is 0 Å². The molecule has 7 heteroatoms. The average Bonchev–Trinajstić information content (AvgIpc) is 3.23. The van der Waals surface area contributed by atoms with Gasteiger partial charge in [-0.15, -0.1) is 0 Å². The third kappa shape index (κ3) is 6.07. The third-order valence-corrected chi connectivity index (χ3v) is 7.73. The zero-order chi connectivity index (χ0) is 24.0. The van der Waals surface area contributed by atoms with Crippen LogP contribution < -0.4 is 5.32 Å². The molecule has 3 heterocycles. The highest BCUT2D eigenvalue weighted by Crippen LogP contribution is 2.26. The molecular formula is C28H35ClN4O2. The maximum absolute atomic E-state index is 12.7. The van der Waals surface area contributed by atoms with Crippen LogP contribution in [0.4, 0.5) is 0 Å². The molecule has 2 aromatic carbocycles. The summed E-state index contributed by atoms with van der Waals surface area (Å²) in [5, 5.41) is 5.22. The van der Waals surface area contributed by atoms with Crippen LogP contribution in [0.2, 0.25) is 5.02 Å². The van der Waals surface area contributed by atoms with E-state index in [9.17, 15) is 4.79 Å². The number of ether oxygens (including phenoxy) is 1. The molecule has 0 atom stereocenters. The molecule has 1 aromatic heterocycles. The van der Waals surface area contributed by atoms with Gasteiger partial charge in [-0.25, -0.2) is 0 Å². The molecular weight excluding hydrogens is 460 g/mol. The number of carbonyl (C=O) groups excluding carboxylic acids is 1. The van der Waals surface area contributed by atoms with E-state index in [0.717, 1.165) is 89.0 Å². The topological polar surface area (TPSA) is 49.7 Å². The average molecular weight is 495 g/mol. The molecule has 186 valence electrons. The van der Waals surface area contributed by atoms with Gasteiger partial charge in [0.05, 0.1) is 13.2 Å². The van der Waals surface area contributed by atoms with Gasteiger partial charge >= 0.3 is 0 Å². The Balaban J connectivity index is 1.17. The van der Waals surface area contributed by atoms with Gasteiger partial charge in [0, 0.05) is 61.4 Å². The summed E-state index contributed by atoms with van der Waals surface area (Å²) in [7, 11) is 0. The van der Waals surface area contributed by atoms with Crippen LogP contribution in [0.5, 0.6) is 0 Å². The van der Waals surface area contributed by atoms with E-state index in [1.54, 1.807) is 0 Å². The quantitative estimate of drug-likeness (QED) is 0.514. The van der Waals surface area contributed by atoms with E-state index in [1.165, 1.54) is 16.6 Å². The smallest absolute Gasteiger partial charge is 0.223 e. The highest BCUT2D eigenvalue weighted by molar-refractivity contribution is 6.31. The van der Waals surface area contributed by atoms with Crippen molar-refractivity contribution in [2.24, 2.45) is 5.92 Å². The van der Waals surface area contributed by atoms with Crippen molar-refractivity contribution in [3.63, 3.8) is 0 Å². The van der Waals surface area contributed by atoms with Crippen molar-refractivity contribution < 1.29 is 9.53 Å². The predicted octanol–water partition coefficient (Wildman–Crippen LogP) is 4.00. The Kier molecular flexibility index (Phi) is 8.04. The number of fused-ring (bicyclic) bond motifs is 1. The van der Waals surface area contributed by atoms with Crippen LogP contribution in [-0.2, 0) is 22.6 Å². The fourth-order valence-electron chi connectivity index (χ4n) is 5.27. The minimum absolute atomic E-state index is 0.116. The van der Waals surface area contributed by atoms with Gasteiger partial charge in [0.1, 0.15) is 0 Å². The van der Waals surface area contributed by atoms with Crippen LogP contribution in [0, 0.1) is 5.92 Å². The van der Waals surface area contributed by atoms with Gasteiger partial charge in [-0.2, -0.15) is 0 Å². The van der Waals surface area contributed by atoms with Crippen LogP contribution in [0.25, 0.3) is 10.9 Å². The Bertz CT molecular complexity index is 1130. The van der Waals surface area contributed by atoms with Gasteiger partial charge in [-0.05, 0) is 55.1 Å². The van der Waals surface area contributed by atoms with Gasteiger partial charge < -0.3 is 14.6 Å². The molecule has 1 N–H and O–H groups in total. The molecule has 0 spiro atoms. The number of benzene rings is 2. The SMILES string of the molecule is O=C(NCCN1CCOCC1)C1CCN(Cc2cc3ccccc3n2Cc2ccccc2Cl)CC1. The number of hydrogen-bond donors (Lipinski definition) is 1. The Labute approximate surface area is 212 Å². The maximum atomic E-state index is 12.7. The summed E-state index contributed by atoms with van der Waals surface area (Å²) >= 11 is 6.49. The molecule has 0 bridgehead atoms. The Morgan fingerprint density at radius 1 is 0.943 bits per heavy atom. The number of morpholine rings is 1. The third-order valence-electron chi connectivity index (χ3n) is 7.36. The summed E-state index contributed by atoms with van der Waals surface area (Å²) in [4.78, 5) is 17.6. The highest BCUT2D eigenvalue weighted by atomic mass is 35.5. The normalized spacial score (nSPS) is 18.2. The molecule has 2 saturated heterocycles. The number of hydrogen-bond acceptors (Lipinski definition) is 4. The second-order valence-electron chi connectivity index (χ2n) is 9.67. The fourth-order valence-corrected chi connectivity index (χ4v) is 5.47. The standard InChI is InChI=1S/C28H35ClN4O2/c29-26-7-3-1-6-24(26)20-33-25(19-23-5-2-4-8-27(23)33)21-32-12-9-22(10-13-32)28(34)30-11-14-31-15-17-35-18-16-31/h1-8,19,22H,9-18,20-21H2,(H,30,34). The number of amides is 1. The number of rotatable bonds is 8. The van der Waals surface area contributed by atoms with E-state index in [2.05, 4.69) is 56.1 Å². The number of piperidine rings is 1. The number of aromatic nitrogens is 1. The molecule has 1 amide bonds. The first kappa shape index (κ1) is 24.3. The number of para-hydroxylation sites is 1. The lowest BCUT2D eigenvalue weighted by atomic mass is 9.96. The molecule has 5 rings (SSSR count). The second-order valence-corrected chi connectivity index (χ2v) is 10.1. The van der Waals surface area contributed by atoms with Crippen LogP contribution in [0.15, 0.2) is 54.6 Å². The van der Waals surface area contributed by atoms with Crippen molar-refractivity contribution in [2.75, 3.05) is 52.5 Å². The zero-order valence-electron chi connectivity index (χ0n) is 20.3. The first-order valence-electron chi connectivity index (χ1n) is 12.8. The Morgan fingerprint density at radius 2 is 1.69 bits per heavy atom. The number of carbonyl (C=O) groups is 1. The number of halogens is 1. The first-order chi connectivity index (χ1) is 17.2. The van der Waals surface area contributed by atoms with Crippen LogP contribution in [0.3, 0.4) is 0 Å². The number of likely N-dealkylation sites (tertiary alicyclic amines) is 1. The molecule has 0 unspecified atom stereocenters. The van der Waals surface area contributed by atoms with Crippen LogP contribution in [-0.4, -0.2) is 72.8 Å². The summed E-state index contributed by atoms with van der Waals surface area (Å²) in [5.41, 5.74) is 3.65. The van der Waals surface area contributed by atoms with E-state index in [1.807, 2.05) is 18.2 Å². The van der Waals surface area contributed by atoms with Gasteiger partial charge in [0.25, 0.3) is 0 Å². The monoisotopic (exact) mass is 494 g/mol. The summed E-state index contributed by atoms with van der Waals surface area (Å²) in [6.45, 7) is 8.65. The Morgan fingerprint density at radius 3 is 2.49 bits per heavy atom. The molecule has 6 nitrogen and oxygen atoms in total. The van der Waals surface area contributed by atoms with Crippen molar-refractivity contribution in [2.45, 2.75) is 25.9 Å². The summed E-state index contributed by atoms with van der Waals surface area (Å²) in [6, 6.07) is 18.9. The van der Waals surface area contributed by atoms with Gasteiger partial charge in [-0.1, -0.05) is 48.0 Å². The van der Waals surface area contributed by atoms with Crippen molar-refractivity contribution in [3.8, 4) is 0 Å². The second kappa shape index (κ2) is 11.6. The summed E-state index contributed by atoms with van der Waals surface area (Å²) < 4.78 is 7.78. The van der Waals surface area contributed by atoms with Crippen molar-refractivity contribution in [3.05, 3.63) is 70.9 Å². The van der Waals surface area contributed by atoms with E-state index in [4.69, 9.17) is 16.3 Å². The lowest BCUT2D eigenvalue weighted by Gasteiger charge is -2.32. The predicted molar refractivity (Wildman–Crippen MR) is 141 cm³/mol. The van der Waals surface area contributed by atoms with E-state index < -0.39 is 0 Å². The molecule has 0 aliphatic carbocycles. The minimum atomic E-state index is 0.116. The number of nitrogens with one attached hydrogen (secondary N) is 1. The molecule has 2 aliphatic heterocycles. The highest BCUT2D eigenvalue weighted by Gasteiger charge is 2.26. The minimum Gasteiger partial charge on any atom is -0.379 e. The van der Waals surface area contributed by atoms with Crippen molar-refractivity contribution in [1.82, 2.24) is 19.7 Å². The molecule has 2 fully saturated rings. The lowest BCUT2D eigenvalue weighted by Crippen LogP contribution is -2.44.